The highest BCUT2D eigenvalue weighted by Crippen LogP contribution is 2.32. The van der Waals surface area contributed by atoms with Crippen LogP contribution in [0.15, 0.2) is 30.5 Å². The number of aryl methyl sites for hydroxylation is 1. The molecule has 7 heteroatoms. The van der Waals surface area contributed by atoms with Crippen LogP contribution < -0.4 is 10.1 Å². The highest BCUT2D eigenvalue weighted by Gasteiger charge is 2.23. The molecule has 1 saturated heterocycles. The highest BCUT2D eigenvalue weighted by molar-refractivity contribution is 5.87. The SMILES string of the molecule is COc1cccc(-c2[nH]c3cnc(C4CCNC(C)C4)nc3c2C)c1.Cl.O. The van der Waals surface area contributed by atoms with Crippen LogP contribution in [0.25, 0.3) is 22.3 Å². The molecule has 4 N–H and O–H groups in total. The van der Waals surface area contributed by atoms with Crippen molar-refractivity contribution in [3.63, 3.8) is 0 Å². The minimum absolute atomic E-state index is 0. The molecule has 1 fully saturated rings. The fourth-order valence-electron chi connectivity index (χ4n) is 3.75. The van der Waals surface area contributed by atoms with Crippen molar-refractivity contribution in [1.29, 1.82) is 0 Å². The Hall–Kier alpha value is -2.15. The van der Waals surface area contributed by atoms with Gasteiger partial charge in [0.25, 0.3) is 0 Å². The predicted octanol–water partition coefficient (Wildman–Crippen LogP) is 3.39. The third-order valence-electron chi connectivity index (χ3n) is 5.14. The molecular weight excluding hydrogens is 364 g/mol. The summed E-state index contributed by atoms with van der Waals surface area (Å²) < 4.78 is 5.35. The van der Waals surface area contributed by atoms with Gasteiger partial charge in [0.15, 0.2) is 0 Å². The van der Waals surface area contributed by atoms with Gasteiger partial charge < -0.3 is 20.5 Å². The lowest BCUT2D eigenvalue weighted by Crippen LogP contribution is -2.35. The van der Waals surface area contributed by atoms with Crippen LogP contribution in [0.5, 0.6) is 5.75 Å². The Morgan fingerprint density at radius 2 is 2.07 bits per heavy atom. The number of halogens is 1. The van der Waals surface area contributed by atoms with E-state index in [0.29, 0.717) is 12.0 Å². The number of methoxy groups -OCH3 is 1. The number of aromatic nitrogens is 3. The van der Waals surface area contributed by atoms with Gasteiger partial charge in [-0.05, 0) is 45.4 Å². The van der Waals surface area contributed by atoms with Crippen molar-refractivity contribution in [1.82, 2.24) is 20.3 Å². The first-order chi connectivity index (χ1) is 12.2. The van der Waals surface area contributed by atoms with Crippen LogP contribution in [0.1, 0.15) is 37.1 Å². The molecule has 1 aliphatic heterocycles. The lowest BCUT2D eigenvalue weighted by atomic mass is 9.92. The largest absolute Gasteiger partial charge is 0.497 e. The quantitative estimate of drug-likeness (QED) is 0.716. The van der Waals surface area contributed by atoms with Crippen molar-refractivity contribution in [2.45, 2.75) is 38.6 Å². The van der Waals surface area contributed by atoms with E-state index in [4.69, 9.17) is 9.72 Å². The van der Waals surface area contributed by atoms with E-state index in [1.807, 2.05) is 24.4 Å². The van der Waals surface area contributed by atoms with E-state index in [1.165, 1.54) is 0 Å². The number of rotatable bonds is 3. The van der Waals surface area contributed by atoms with Crippen LogP contribution in [0, 0.1) is 6.92 Å². The molecule has 0 spiro atoms. The van der Waals surface area contributed by atoms with Gasteiger partial charge in [-0.15, -0.1) is 12.4 Å². The number of ether oxygens (including phenoxy) is 1. The second-order valence-electron chi connectivity index (χ2n) is 6.92. The van der Waals surface area contributed by atoms with E-state index in [-0.39, 0.29) is 17.9 Å². The number of fused-ring (bicyclic) bond motifs is 1. The zero-order valence-corrected chi connectivity index (χ0v) is 16.7. The number of nitrogens with zero attached hydrogens (tertiary/aromatic N) is 2. The van der Waals surface area contributed by atoms with Crippen molar-refractivity contribution in [3.05, 3.63) is 41.9 Å². The third-order valence-corrected chi connectivity index (χ3v) is 5.14. The summed E-state index contributed by atoms with van der Waals surface area (Å²) in [6.45, 7) is 5.39. The van der Waals surface area contributed by atoms with Crippen molar-refractivity contribution in [3.8, 4) is 17.0 Å². The summed E-state index contributed by atoms with van der Waals surface area (Å²) in [7, 11) is 1.69. The minimum Gasteiger partial charge on any atom is -0.497 e. The van der Waals surface area contributed by atoms with Gasteiger partial charge >= 0.3 is 0 Å². The number of benzene rings is 1. The number of piperidine rings is 1. The van der Waals surface area contributed by atoms with Gasteiger partial charge in [-0.2, -0.15) is 0 Å². The van der Waals surface area contributed by atoms with Crippen LogP contribution in [0.3, 0.4) is 0 Å². The Bertz CT molecular complexity index is 912. The molecule has 0 radical (unpaired) electrons. The van der Waals surface area contributed by atoms with E-state index in [9.17, 15) is 0 Å². The van der Waals surface area contributed by atoms with Gasteiger partial charge in [-0.1, -0.05) is 12.1 Å². The van der Waals surface area contributed by atoms with Crippen LogP contribution in [-0.2, 0) is 0 Å². The molecule has 2 unspecified atom stereocenters. The Labute approximate surface area is 165 Å². The molecule has 0 amide bonds. The Kier molecular flexibility index (Phi) is 6.81. The smallest absolute Gasteiger partial charge is 0.132 e. The molecular formula is C20H27ClN4O2. The number of hydrogen-bond acceptors (Lipinski definition) is 4. The van der Waals surface area contributed by atoms with E-state index in [1.54, 1.807) is 7.11 Å². The Morgan fingerprint density at radius 1 is 1.26 bits per heavy atom. The molecule has 4 rings (SSSR count). The van der Waals surface area contributed by atoms with E-state index < -0.39 is 0 Å². The summed E-state index contributed by atoms with van der Waals surface area (Å²) in [5.41, 5.74) is 5.36. The van der Waals surface area contributed by atoms with Gasteiger partial charge in [0, 0.05) is 23.1 Å². The first kappa shape index (κ1) is 21.2. The first-order valence-corrected chi connectivity index (χ1v) is 8.88. The van der Waals surface area contributed by atoms with E-state index in [2.05, 4.69) is 35.2 Å². The summed E-state index contributed by atoms with van der Waals surface area (Å²) in [5.74, 6) is 2.27. The summed E-state index contributed by atoms with van der Waals surface area (Å²) in [6, 6.07) is 8.62. The summed E-state index contributed by atoms with van der Waals surface area (Å²) in [4.78, 5) is 13.0. The molecule has 1 aliphatic rings. The van der Waals surface area contributed by atoms with Gasteiger partial charge in [-0.25, -0.2) is 9.97 Å². The lowest BCUT2D eigenvalue weighted by molar-refractivity contribution is 0.371. The van der Waals surface area contributed by atoms with Crippen molar-refractivity contribution in [2.75, 3.05) is 13.7 Å². The zero-order chi connectivity index (χ0) is 17.4. The number of hydrogen-bond donors (Lipinski definition) is 2. The van der Waals surface area contributed by atoms with E-state index >= 15 is 0 Å². The van der Waals surface area contributed by atoms with Crippen molar-refractivity contribution >= 4 is 23.4 Å². The van der Waals surface area contributed by atoms with Crippen LogP contribution in [-0.4, -0.2) is 40.1 Å². The Balaban J connectivity index is 0.00000131. The summed E-state index contributed by atoms with van der Waals surface area (Å²) in [5, 5.41) is 3.49. The molecule has 1 aromatic carbocycles. The standard InChI is InChI=1S/C20H24N4O.ClH.H2O/c1-12-9-15(7-8-21-12)20-22-11-17-19(24-20)13(2)18(23-17)14-5-4-6-16(10-14)25-3;;/h4-6,10-12,15,21,23H,7-9H2,1-3H3;1H;1H2. The second kappa shape index (κ2) is 8.69. The van der Waals surface area contributed by atoms with Gasteiger partial charge in [0.1, 0.15) is 11.6 Å². The average molecular weight is 391 g/mol. The maximum Gasteiger partial charge on any atom is 0.132 e. The highest BCUT2D eigenvalue weighted by atomic mass is 35.5. The van der Waals surface area contributed by atoms with Crippen LogP contribution >= 0.6 is 12.4 Å². The van der Waals surface area contributed by atoms with Crippen LogP contribution in [0.4, 0.5) is 0 Å². The number of aromatic amines is 1. The molecule has 0 saturated carbocycles. The van der Waals surface area contributed by atoms with Crippen LogP contribution in [0.2, 0.25) is 0 Å². The van der Waals surface area contributed by atoms with Crippen molar-refractivity contribution < 1.29 is 10.2 Å². The fraction of sp³-hybridized carbons (Fsp3) is 0.400. The predicted molar refractivity (Wildman–Crippen MR) is 111 cm³/mol. The minimum atomic E-state index is 0. The molecule has 3 aromatic rings. The maximum absolute atomic E-state index is 5.35. The van der Waals surface area contributed by atoms with E-state index in [0.717, 1.165) is 58.8 Å². The topological polar surface area (TPSA) is 94.3 Å². The maximum atomic E-state index is 5.35. The normalized spacial score (nSPS) is 19.2. The lowest BCUT2D eigenvalue weighted by Gasteiger charge is -2.26. The van der Waals surface area contributed by atoms with Gasteiger partial charge in [0.2, 0.25) is 0 Å². The molecule has 2 aromatic heterocycles. The summed E-state index contributed by atoms with van der Waals surface area (Å²) in [6.07, 6.45) is 4.13. The molecule has 0 bridgehead atoms. The van der Waals surface area contributed by atoms with Crippen molar-refractivity contribution in [2.24, 2.45) is 0 Å². The molecule has 0 aliphatic carbocycles. The third kappa shape index (κ3) is 4.08. The molecule has 27 heavy (non-hydrogen) atoms. The monoisotopic (exact) mass is 390 g/mol. The fourth-order valence-corrected chi connectivity index (χ4v) is 3.75. The number of H-pyrrole nitrogens is 1. The number of nitrogens with one attached hydrogen (secondary N) is 2. The molecule has 2 atom stereocenters. The Morgan fingerprint density at radius 3 is 2.81 bits per heavy atom. The molecule has 3 heterocycles. The average Bonchev–Trinajstić information content (AvgIpc) is 2.98. The molecule has 6 nitrogen and oxygen atoms in total. The molecule has 146 valence electrons. The van der Waals surface area contributed by atoms with Gasteiger partial charge in [-0.3, -0.25) is 0 Å². The van der Waals surface area contributed by atoms with Gasteiger partial charge in [0.05, 0.1) is 30.0 Å². The second-order valence-corrected chi connectivity index (χ2v) is 6.92. The zero-order valence-electron chi connectivity index (χ0n) is 15.9. The summed E-state index contributed by atoms with van der Waals surface area (Å²) >= 11 is 0. The first-order valence-electron chi connectivity index (χ1n) is 8.88.